The van der Waals surface area contributed by atoms with Gasteiger partial charge in [-0.2, -0.15) is 23.5 Å². The van der Waals surface area contributed by atoms with Crippen LogP contribution in [0.1, 0.15) is 342 Å². The van der Waals surface area contributed by atoms with Crippen molar-refractivity contribution in [3.63, 3.8) is 0 Å². The van der Waals surface area contributed by atoms with E-state index in [9.17, 15) is 57.5 Å². The van der Waals surface area contributed by atoms with Crippen molar-refractivity contribution in [2.45, 2.75) is 343 Å². The normalized spacial score (nSPS) is 10.5. The van der Waals surface area contributed by atoms with E-state index in [2.05, 4.69) is 133 Å². The highest BCUT2D eigenvalue weighted by Crippen LogP contribution is 2.18. The van der Waals surface area contributed by atoms with Gasteiger partial charge in [0, 0.05) is 149 Å². The number of carbonyl (C=O) groups is 12. The number of thioether (sulfide) groups is 2. The highest BCUT2D eigenvalue weighted by Gasteiger charge is 2.23. The number of amides is 6. The minimum Gasteiger partial charge on any atom is -0.462 e. The number of hydrogen-bond donors (Lipinski definition) is 4. The van der Waals surface area contributed by atoms with Crippen LogP contribution in [0.3, 0.4) is 0 Å². The van der Waals surface area contributed by atoms with Gasteiger partial charge in [-0.15, -0.1) is 17.9 Å². The third kappa shape index (κ3) is 81.9. The molecule has 32 heteroatoms. The molecule has 2 atom stereocenters. The zero-order chi connectivity index (χ0) is 95.3. The molecule has 0 aliphatic rings. The van der Waals surface area contributed by atoms with Crippen LogP contribution >= 0.6 is 23.5 Å². The van der Waals surface area contributed by atoms with Gasteiger partial charge < -0.3 is 59.5 Å². The van der Waals surface area contributed by atoms with Crippen molar-refractivity contribution < 1.29 is 105 Å². The molecule has 1 aromatic heterocycles. The molecule has 4 N–H and O–H groups in total. The number of unbranched alkanes of at least 4 members (excludes halogenated alkanes) is 30. The third-order valence-electron chi connectivity index (χ3n) is 19.3. The van der Waals surface area contributed by atoms with E-state index in [-0.39, 0.29) is 125 Å². The molecule has 129 heavy (non-hydrogen) atoms. The van der Waals surface area contributed by atoms with E-state index in [0.29, 0.717) is 107 Å². The van der Waals surface area contributed by atoms with E-state index < -0.39 is 55.2 Å². The van der Waals surface area contributed by atoms with Crippen molar-refractivity contribution in [3.8, 4) is 83.9 Å². The summed E-state index contributed by atoms with van der Waals surface area (Å²) in [6.45, 7) is 15.2. The van der Waals surface area contributed by atoms with Crippen LogP contribution < -0.4 is 21.3 Å². The molecule has 2 unspecified atom stereocenters. The average Bonchev–Trinajstić information content (AvgIpc) is 1.78. The van der Waals surface area contributed by atoms with E-state index in [1.807, 2.05) is 6.92 Å². The Bertz CT molecular complexity index is 3840. The van der Waals surface area contributed by atoms with Crippen LogP contribution in [0.15, 0.2) is 11.3 Å². The molecular weight excluding hydrogens is 1690 g/mol. The Balaban J connectivity index is -0.000000139. The summed E-state index contributed by atoms with van der Waals surface area (Å²) in [5.41, 5.74) is 8.76. The summed E-state index contributed by atoms with van der Waals surface area (Å²) < 4.78 is 33.1. The summed E-state index contributed by atoms with van der Waals surface area (Å²) in [6.07, 6.45) is 51.2. The molecule has 0 bridgehead atoms. The summed E-state index contributed by atoms with van der Waals surface area (Å²) in [5, 5.41) is 22.1. The van der Waals surface area contributed by atoms with Crippen LogP contribution in [0.25, 0.3) is 10.4 Å². The van der Waals surface area contributed by atoms with Gasteiger partial charge in [-0.3, -0.25) is 52.7 Å². The number of nitrogens with zero attached hydrogens (tertiary/aromatic N) is 8. The number of esters is 6. The largest absolute Gasteiger partial charge is 0.462 e. The first-order valence-corrected chi connectivity index (χ1v) is 49.1. The number of hydrogen-bond acceptors (Lipinski definition) is 23. The Morgan fingerprint density at radius 2 is 0.806 bits per heavy atom. The molecule has 1 rings (SSSR count). The molecule has 6 amide bonds. The third-order valence-corrected chi connectivity index (χ3v) is 21.2. The van der Waals surface area contributed by atoms with Crippen LogP contribution in [-0.2, 0) is 99.0 Å². The first-order chi connectivity index (χ1) is 62.7. The first-order valence-electron chi connectivity index (χ1n) is 46.8. The van der Waals surface area contributed by atoms with Crippen LogP contribution in [0.2, 0.25) is 0 Å². The summed E-state index contributed by atoms with van der Waals surface area (Å²) in [7, 11) is 0. The SMILES string of the molecule is C#CC#CC#CC#CC#CC#CC(=O)OC(COC(=O)CCCCCCCCCCCCC)COC(=O)CN=[N+]=[N-].C#CCNC(=O)CCSCCN(CCNC(=O)CC)C(=O)CC.CCCCCCCCCCCCCC(=O)OCC(COC(=O)Cn1cc(CNC(=O)CCSCCN(CCNC(=O)CC)C(=O)CC)nn1)OC(=O)CCCCCCCCCCCCC.[HH].[HH].[HH].[HH].[HH].[HH].[HH].[HH].[HH].[HH].[HH].[HH].[HH]. The number of rotatable bonds is 75. The Hall–Kier alpha value is -10.3. The van der Waals surface area contributed by atoms with Gasteiger partial charge in [-0.1, -0.05) is 257 Å². The molecule has 0 spiro atoms. The zero-order valence-corrected chi connectivity index (χ0v) is 80.2. The lowest BCUT2D eigenvalue weighted by Crippen LogP contribution is -2.39. The molecule has 0 aromatic carbocycles. The topological polar surface area (TPSA) is 394 Å². The second-order valence-corrected chi connectivity index (χ2v) is 32.7. The Morgan fingerprint density at radius 1 is 0.434 bits per heavy atom. The second-order valence-electron chi connectivity index (χ2n) is 30.3. The van der Waals surface area contributed by atoms with Crippen molar-refractivity contribution in [3.05, 3.63) is 22.3 Å². The first kappa shape index (κ1) is 121. The Labute approximate surface area is 798 Å². The van der Waals surface area contributed by atoms with Gasteiger partial charge in [-0.25, -0.2) is 9.48 Å². The fourth-order valence-corrected chi connectivity index (χ4v) is 13.7. The fraction of sp³-hybridized carbons (Fsp3) is 0.711. The van der Waals surface area contributed by atoms with Crippen LogP contribution in [0, 0.1) is 83.9 Å². The van der Waals surface area contributed by atoms with Gasteiger partial charge in [0.25, 0.3) is 0 Å². The van der Waals surface area contributed by atoms with Crippen LogP contribution in [0.4, 0.5) is 0 Å². The predicted octanol–water partition coefficient (Wildman–Crippen LogP) is 17.7. The minimum atomic E-state index is -1.11. The van der Waals surface area contributed by atoms with E-state index in [0.717, 1.165) is 63.5 Å². The van der Waals surface area contributed by atoms with Gasteiger partial charge >= 0.3 is 35.8 Å². The van der Waals surface area contributed by atoms with E-state index in [1.54, 1.807) is 60.3 Å². The van der Waals surface area contributed by atoms with Crippen LogP contribution in [-0.4, -0.2) is 210 Å². The van der Waals surface area contributed by atoms with Gasteiger partial charge in [0.05, 0.1) is 19.3 Å². The molecule has 30 nitrogen and oxygen atoms in total. The summed E-state index contributed by atoms with van der Waals surface area (Å²) in [6, 6.07) is 0. The maximum Gasteiger partial charge on any atom is 0.385 e. The summed E-state index contributed by atoms with van der Waals surface area (Å²) in [5.74, 6) is 26.6. The van der Waals surface area contributed by atoms with E-state index in [1.165, 1.54) is 146 Å². The molecule has 1 heterocycles. The lowest BCUT2D eigenvalue weighted by Gasteiger charge is -2.22. The molecule has 744 valence electrons. The minimum absolute atomic E-state index is 0. The van der Waals surface area contributed by atoms with Gasteiger partial charge in [-0.05, 0) is 84.0 Å². The van der Waals surface area contributed by atoms with Gasteiger partial charge in [0.2, 0.25) is 35.4 Å². The predicted molar refractivity (Wildman–Crippen MR) is 534 cm³/mol. The molecular formula is C97H176N12O18S2. The second kappa shape index (κ2) is 91.0. The monoisotopic (exact) mass is 1860 g/mol. The van der Waals surface area contributed by atoms with Crippen molar-refractivity contribution in [1.82, 2.24) is 46.1 Å². The molecule has 0 fully saturated rings. The quantitative estimate of drug-likeness (QED) is 0.00688. The molecule has 0 radical (unpaired) electrons. The average molecular weight is 1860 g/mol. The van der Waals surface area contributed by atoms with Crippen LogP contribution in [0.5, 0.6) is 0 Å². The smallest absolute Gasteiger partial charge is 0.385 e. The number of carbonyl (C=O) groups excluding carboxylic acids is 12. The lowest BCUT2D eigenvalue weighted by molar-refractivity contribution is -0.167. The summed E-state index contributed by atoms with van der Waals surface area (Å²) in [4.78, 5) is 151. The van der Waals surface area contributed by atoms with Gasteiger partial charge in [0.15, 0.2) is 12.2 Å². The maximum absolute atomic E-state index is 12.8. The van der Waals surface area contributed by atoms with Crippen molar-refractivity contribution >= 4 is 94.8 Å². The molecule has 0 saturated carbocycles. The number of nitrogens with one attached hydrogen (secondary N) is 4. The standard InChI is InChI=1S/C49H88N6O9S.C32H35N3O6.C16H27N3O3S.13H2/c1-5-9-11-13-15-17-19-21-23-25-27-29-47(59)62-40-43(64-48(60)30-28-26-24-22-20-18-16-14-12-10-6-2)41-63-49(61)39-55-38-42(52-53-55)37-51-45(57)31-35-65-36-34-54(46(58)8-4)33-32-50-44(56)7-3;1-3-5-7-9-11-13-15-17-18-20-22-24-30(36)39-27-29(28-40-32(38)26-34-35-33)41-31(37)25-23-21-19-16-14-12-10-8-6-4-2;1-4-8-17-15(21)7-12-23-13-11-19(16(22)6-3)10-9-18-14(20)5-2;;;;;;;;;;;;;/h38,43H,5-37,39-41H2,1-4H3,(H,50,56)(H,51,57);2,29H,3,5,7,9,11,13,15,17-18,20,22,24,26-28H2,1H3;1H,5-13H2,2-3H3,(H,17,21)(H,18,20);13*1H. The molecule has 0 aliphatic carbocycles. The Morgan fingerprint density at radius 3 is 1.20 bits per heavy atom. The number of terminal acetylenes is 2. The van der Waals surface area contributed by atoms with E-state index >= 15 is 0 Å². The molecule has 0 saturated heterocycles. The zero-order valence-electron chi connectivity index (χ0n) is 78.6. The lowest BCUT2D eigenvalue weighted by atomic mass is 10.1. The van der Waals surface area contributed by atoms with Crippen molar-refractivity contribution in [1.29, 1.82) is 0 Å². The van der Waals surface area contributed by atoms with Crippen molar-refractivity contribution in [2.24, 2.45) is 5.11 Å². The Kier molecular flexibility index (Phi) is 85.2. The highest BCUT2D eigenvalue weighted by atomic mass is 32.2. The fourth-order valence-electron chi connectivity index (χ4n) is 12.0. The number of azide groups is 1. The van der Waals surface area contributed by atoms with Crippen molar-refractivity contribution in [2.75, 3.05) is 102 Å². The highest BCUT2D eigenvalue weighted by molar-refractivity contribution is 7.99. The summed E-state index contributed by atoms with van der Waals surface area (Å²) >= 11 is 3.19. The molecule has 0 aliphatic heterocycles. The maximum atomic E-state index is 12.8. The van der Waals surface area contributed by atoms with Gasteiger partial charge in [0.1, 0.15) is 45.2 Å². The number of ether oxygens (including phenoxy) is 6. The van der Waals surface area contributed by atoms with E-state index in [4.69, 9.17) is 46.8 Å². The molecule has 1 aromatic rings. The number of aromatic nitrogens is 3.